The summed E-state index contributed by atoms with van der Waals surface area (Å²) < 4.78 is 8.10. The molecule has 0 aliphatic heterocycles. The van der Waals surface area contributed by atoms with Crippen LogP contribution in [0.1, 0.15) is 116 Å². The van der Waals surface area contributed by atoms with E-state index in [0.29, 0.717) is 19.1 Å². The Balaban J connectivity index is 1.20. The maximum absolute atomic E-state index is 12.8. The van der Waals surface area contributed by atoms with Crippen LogP contribution in [-0.2, 0) is 9.53 Å². The molecule has 47 heavy (non-hydrogen) atoms. The zero-order chi connectivity index (χ0) is 32.8. The fourth-order valence-corrected chi connectivity index (χ4v) is 12.0. The molecule has 0 saturated carbocycles. The average molecular weight is 655 g/mol. The summed E-state index contributed by atoms with van der Waals surface area (Å²) in [6, 6.07) is 33.4. The van der Waals surface area contributed by atoms with Crippen molar-refractivity contribution in [1.82, 2.24) is 9.55 Å². The van der Waals surface area contributed by atoms with Crippen molar-refractivity contribution in [3.8, 4) is 0 Å². The van der Waals surface area contributed by atoms with Crippen molar-refractivity contribution >= 4 is 29.1 Å². The van der Waals surface area contributed by atoms with Crippen molar-refractivity contribution in [2.75, 3.05) is 12.8 Å². The molecule has 1 aromatic heterocycles. The van der Waals surface area contributed by atoms with E-state index in [4.69, 9.17) is 4.74 Å². The molecule has 1 heterocycles. The quantitative estimate of drug-likeness (QED) is 0.0429. The van der Waals surface area contributed by atoms with Gasteiger partial charge in [0.05, 0.1) is 0 Å². The minimum Gasteiger partial charge on any atom is -0.245 e. The molecule has 254 valence electrons. The van der Waals surface area contributed by atoms with E-state index >= 15 is 0 Å². The Kier molecular flexibility index (Phi) is 16.8. The molecule has 5 heteroatoms. The van der Waals surface area contributed by atoms with Gasteiger partial charge in [-0.05, 0) is 0 Å². The molecule has 4 rings (SSSR count). The van der Waals surface area contributed by atoms with Crippen molar-refractivity contribution in [2.45, 2.75) is 116 Å². The van der Waals surface area contributed by atoms with Gasteiger partial charge in [0.2, 0.25) is 0 Å². The predicted octanol–water partition coefficient (Wildman–Crippen LogP) is 9.96. The molecule has 0 aliphatic rings. The molecule has 1 atom stereocenters. The van der Waals surface area contributed by atoms with Crippen molar-refractivity contribution in [2.24, 2.45) is 0 Å². The topological polar surface area (TPSA) is 44.1 Å². The van der Waals surface area contributed by atoms with Gasteiger partial charge in [0.15, 0.2) is 0 Å². The number of carbonyl (C=O) groups is 1. The third-order valence-electron chi connectivity index (χ3n) is 9.76. The van der Waals surface area contributed by atoms with Gasteiger partial charge in [0.1, 0.15) is 0 Å². The van der Waals surface area contributed by atoms with E-state index in [1.807, 2.05) is 12.5 Å². The van der Waals surface area contributed by atoms with E-state index in [-0.39, 0.29) is 5.97 Å². The number of hydrogen-bond donors (Lipinski definition) is 0. The summed E-state index contributed by atoms with van der Waals surface area (Å²) in [5.74, 6) is -0.0646. The van der Waals surface area contributed by atoms with E-state index in [9.17, 15) is 4.79 Å². The van der Waals surface area contributed by atoms with Crippen LogP contribution in [0.3, 0.4) is 0 Å². The summed E-state index contributed by atoms with van der Waals surface area (Å²) >= 11 is 0. The maximum atomic E-state index is 12.8. The second-order valence-corrected chi connectivity index (χ2v) is 17.3. The minimum atomic E-state index is -2.29. The molecule has 0 bridgehead atoms. The number of carbonyl (C=O) groups excluding carboxylic acids is 1. The Morgan fingerprint density at radius 3 is 1.64 bits per heavy atom. The summed E-state index contributed by atoms with van der Waals surface area (Å²) in [6.45, 7) is 2.75. The molecule has 1 unspecified atom stereocenters. The molecule has 0 N–H and O–H groups in total. The Bertz CT molecular complexity index is 1250. The molecular formula is C42H59N2O2P. The summed E-state index contributed by atoms with van der Waals surface area (Å²) in [6.07, 6.45) is 26.1. The van der Waals surface area contributed by atoms with Crippen molar-refractivity contribution in [1.29, 1.82) is 0 Å². The second-order valence-electron chi connectivity index (χ2n) is 13.2. The third kappa shape index (κ3) is 12.1. The van der Waals surface area contributed by atoms with Gasteiger partial charge in [0.25, 0.3) is 0 Å². The van der Waals surface area contributed by atoms with Crippen LogP contribution < -0.4 is 15.9 Å². The van der Waals surface area contributed by atoms with Gasteiger partial charge < -0.3 is 0 Å². The van der Waals surface area contributed by atoms with Crippen LogP contribution in [0.2, 0.25) is 0 Å². The number of imidazole rings is 1. The van der Waals surface area contributed by atoms with Gasteiger partial charge >= 0.3 is 211 Å². The summed E-state index contributed by atoms with van der Waals surface area (Å²) in [4.78, 5) is 17.1. The van der Waals surface area contributed by atoms with Crippen LogP contribution in [0.5, 0.6) is 0 Å². The van der Waals surface area contributed by atoms with Crippen molar-refractivity contribution in [3.05, 3.63) is 110 Å². The average Bonchev–Trinajstić information content (AvgIpc) is 3.66. The van der Waals surface area contributed by atoms with Crippen LogP contribution in [0.25, 0.3) is 0 Å². The number of ether oxygens (including phenoxy) is 1. The van der Waals surface area contributed by atoms with Crippen LogP contribution in [0.4, 0.5) is 0 Å². The molecule has 0 amide bonds. The molecular weight excluding hydrogens is 595 g/mol. The SMILES string of the molecule is CCCCCCCCCCCCC(CCCCC(=O)OCCC[PH](c1ccccc1)(c1ccccc1)c1ccccc1)n1ccnc1. The van der Waals surface area contributed by atoms with Crippen LogP contribution >= 0.6 is 7.26 Å². The van der Waals surface area contributed by atoms with Gasteiger partial charge in [-0.3, -0.25) is 0 Å². The van der Waals surface area contributed by atoms with Gasteiger partial charge in [0, 0.05) is 6.20 Å². The van der Waals surface area contributed by atoms with Gasteiger partial charge in [-0.15, -0.1) is 0 Å². The van der Waals surface area contributed by atoms with Gasteiger partial charge in [-0.25, -0.2) is 4.98 Å². The second kappa shape index (κ2) is 21.6. The van der Waals surface area contributed by atoms with Crippen molar-refractivity contribution in [3.63, 3.8) is 0 Å². The number of aromatic nitrogens is 2. The summed E-state index contributed by atoms with van der Waals surface area (Å²) in [5.41, 5.74) is 0. The fourth-order valence-electron chi connectivity index (χ4n) is 7.14. The molecule has 0 saturated heterocycles. The van der Waals surface area contributed by atoms with Crippen LogP contribution in [0.15, 0.2) is 110 Å². The molecule has 4 aromatic rings. The Morgan fingerprint density at radius 2 is 1.15 bits per heavy atom. The zero-order valence-electron chi connectivity index (χ0n) is 28.9. The standard InChI is InChI=1S/C42H59N2O2P/c1-2-3-4-5-6-7-8-9-10-14-24-38(44-34-33-43-37-44)25-21-22-32-42(45)46-35-23-36-47(39-26-15-11-16-27-39,40-28-17-12-18-29-40)41-30-19-13-20-31-41/h11-13,15-20,26-31,33-34,37-38,47H,2-10,14,21-25,32,35-36H2,1H3. The van der Waals surface area contributed by atoms with Crippen LogP contribution in [0, 0.1) is 0 Å². The Morgan fingerprint density at radius 1 is 0.660 bits per heavy atom. The molecule has 0 aliphatic carbocycles. The van der Waals surface area contributed by atoms with E-state index in [2.05, 4.69) is 114 Å². The molecule has 0 spiro atoms. The Hall–Kier alpha value is -3.23. The van der Waals surface area contributed by atoms with Crippen LogP contribution in [-0.4, -0.2) is 28.3 Å². The first-order valence-electron chi connectivity index (χ1n) is 18.5. The summed E-state index contributed by atoms with van der Waals surface area (Å²) in [5, 5.41) is 4.19. The first-order valence-corrected chi connectivity index (χ1v) is 20.7. The monoisotopic (exact) mass is 654 g/mol. The number of hydrogen-bond acceptors (Lipinski definition) is 3. The van der Waals surface area contributed by atoms with Gasteiger partial charge in [-0.2, -0.15) is 0 Å². The predicted molar refractivity (Wildman–Crippen MR) is 203 cm³/mol. The number of nitrogens with zero attached hydrogens (tertiary/aromatic N) is 2. The summed E-state index contributed by atoms with van der Waals surface area (Å²) in [7, 11) is -2.29. The molecule has 3 aromatic carbocycles. The number of benzene rings is 3. The number of esters is 1. The number of unbranched alkanes of at least 4 members (excludes halogenated alkanes) is 10. The first kappa shape index (κ1) is 36.6. The normalized spacial score (nSPS) is 12.5. The Labute approximate surface area is 285 Å². The van der Waals surface area contributed by atoms with E-state index in [0.717, 1.165) is 31.8 Å². The smallest absolute Gasteiger partial charge is 0.245 e. The fraction of sp³-hybridized carbons (Fsp3) is 0.476. The van der Waals surface area contributed by atoms with E-state index < -0.39 is 7.26 Å². The first-order chi connectivity index (χ1) is 23.2. The van der Waals surface area contributed by atoms with E-state index in [1.165, 1.54) is 86.5 Å². The van der Waals surface area contributed by atoms with Crippen molar-refractivity contribution < 1.29 is 9.53 Å². The third-order valence-corrected chi connectivity index (χ3v) is 14.8. The van der Waals surface area contributed by atoms with E-state index in [1.54, 1.807) is 0 Å². The molecule has 0 fully saturated rings. The zero-order valence-corrected chi connectivity index (χ0v) is 29.9. The minimum absolute atomic E-state index is 0.0646. The molecule has 0 radical (unpaired) electrons. The van der Waals surface area contributed by atoms with Gasteiger partial charge in [-0.1, -0.05) is 64.7 Å². The number of rotatable bonds is 24. The molecule has 4 nitrogen and oxygen atoms in total.